The molecule has 268 valence electrons. The summed E-state index contributed by atoms with van der Waals surface area (Å²) in [5.74, 6) is -0.726. The van der Waals surface area contributed by atoms with Gasteiger partial charge in [0, 0.05) is 19.4 Å². The smallest absolute Gasteiger partial charge is 0.394 e. The molecule has 4 aliphatic carbocycles. The minimum Gasteiger partial charge on any atom is -0.394 e. The highest BCUT2D eigenvalue weighted by molar-refractivity contribution is 7.80. The van der Waals surface area contributed by atoms with Gasteiger partial charge in [0.15, 0.2) is 6.29 Å². The normalized spacial score (nSPS) is 48.9. The average Bonchev–Trinajstić information content (AvgIpc) is 3.42. The summed E-state index contributed by atoms with van der Waals surface area (Å²) >= 11 is 0. The maximum atomic E-state index is 12.7. The van der Waals surface area contributed by atoms with Crippen molar-refractivity contribution in [3.63, 3.8) is 0 Å². The van der Waals surface area contributed by atoms with E-state index in [4.69, 9.17) is 18.4 Å². The van der Waals surface area contributed by atoms with Gasteiger partial charge in [-0.2, -0.15) is 8.42 Å². The molecule has 5 unspecified atom stereocenters. The van der Waals surface area contributed by atoms with Crippen molar-refractivity contribution >= 4 is 10.4 Å². The zero-order valence-corrected chi connectivity index (χ0v) is 29.0. The van der Waals surface area contributed by atoms with E-state index in [0.29, 0.717) is 38.5 Å². The number of fused-ring (bicyclic) bond motifs is 5. The first kappa shape index (κ1) is 36.8. The molecule has 1 saturated heterocycles. The van der Waals surface area contributed by atoms with Crippen LogP contribution in [0.25, 0.3) is 0 Å². The van der Waals surface area contributed by atoms with E-state index in [2.05, 4.69) is 20.8 Å². The van der Waals surface area contributed by atoms with E-state index < -0.39 is 75.7 Å². The van der Waals surface area contributed by atoms with Crippen molar-refractivity contribution in [2.75, 3.05) is 13.7 Å². The van der Waals surface area contributed by atoms with E-state index in [1.165, 1.54) is 7.11 Å². The van der Waals surface area contributed by atoms with Crippen molar-refractivity contribution in [2.24, 2.45) is 46.3 Å². The van der Waals surface area contributed by atoms with Gasteiger partial charge in [-0.25, -0.2) is 4.18 Å². The zero-order chi connectivity index (χ0) is 34.0. The van der Waals surface area contributed by atoms with Gasteiger partial charge >= 0.3 is 10.4 Å². The van der Waals surface area contributed by atoms with Crippen LogP contribution in [0.2, 0.25) is 0 Å². The first-order valence-electron chi connectivity index (χ1n) is 17.3. The van der Waals surface area contributed by atoms with Crippen LogP contribution < -0.4 is 0 Å². The van der Waals surface area contributed by atoms with E-state index in [-0.39, 0.29) is 48.7 Å². The van der Waals surface area contributed by atoms with E-state index >= 15 is 0 Å². The summed E-state index contributed by atoms with van der Waals surface area (Å²) in [6.07, 6.45) is -1.04. The van der Waals surface area contributed by atoms with Crippen molar-refractivity contribution in [1.82, 2.24) is 0 Å². The van der Waals surface area contributed by atoms with E-state index in [0.717, 1.165) is 12.8 Å². The second-order valence-electron chi connectivity index (χ2n) is 16.2. The minimum atomic E-state index is -4.81. The average molecular weight is 679 g/mol. The van der Waals surface area contributed by atoms with Crippen molar-refractivity contribution < 1.29 is 56.9 Å². The van der Waals surface area contributed by atoms with Crippen molar-refractivity contribution in [2.45, 2.75) is 147 Å². The summed E-state index contributed by atoms with van der Waals surface area (Å²) in [4.78, 5) is 0. The van der Waals surface area contributed by atoms with Crippen LogP contribution in [0.3, 0.4) is 0 Å². The Balaban J connectivity index is 1.34. The molecule has 6 N–H and O–H groups in total. The molecule has 0 spiro atoms. The third-order valence-electron chi connectivity index (χ3n) is 13.3. The molecule has 46 heavy (non-hydrogen) atoms. The molecule has 0 radical (unpaired) electrons. The van der Waals surface area contributed by atoms with Gasteiger partial charge < -0.3 is 39.7 Å². The maximum absolute atomic E-state index is 12.7. The molecule has 13 heteroatoms. The van der Waals surface area contributed by atoms with Crippen LogP contribution in [0.15, 0.2) is 0 Å². The lowest BCUT2D eigenvalue weighted by Crippen LogP contribution is -2.69. The molecule has 5 aliphatic rings. The van der Waals surface area contributed by atoms with Gasteiger partial charge in [-0.15, -0.1) is 0 Å². The second-order valence-corrected chi connectivity index (χ2v) is 17.2. The maximum Gasteiger partial charge on any atom is 0.397 e. The highest BCUT2D eigenvalue weighted by atomic mass is 32.3. The number of hydrogen-bond donors (Lipinski definition) is 6. The van der Waals surface area contributed by atoms with Crippen LogP contribution in [0, 0.1) is 46.3 Å². The fourth-order valence-corrected chi connectivity index (χ4v) is 11.8. The standard InChI is InChI=1S/C33H58O12S/c1-17(2)23(43-30-27(37)28(42-6)25(16-34)44-30)8-7-18(3)20-14-22(36)29-32(20,5)12-10-26-31(4)11-9-19(35)13-21(31)24(15-33(26,29)38)45-46(39,40)41/h17-30,34-38H,7-16H2,1-6H3,(H,39,40,41)/t18-,19?,20-,21?,22?,23?,24?,25+,26-,27-,28+,29-,30-,31+,32-,33+/m1/s1. The van der Waals surface area contributed by atoms with Gasteiger partial charge in [0.25, 0.3) is 0 Å². The van der Waals surface area contributed by atoms with Crippen LogP contribution in [-0.4, -0.2) is 107 Å². The number of aliphatic hydroxyl groups excluding tert-OH is 4. The van der Waals surface area contributed by atoms with Crippen LogP contribution in [-0.2, 0) is 28.8 Å². The van der Waals surface area contributed by atoms with Crippen molar-refractivity contribution in [1.29, 1.82) is 0 Å². The van der Waals surface area contributed by atoms with Crippen LogP contribution in [0.5, 0.6) is 0 Å². The molecule has 12 nitrogen and oxygen atoms in total. The molecular formula is C33H58O12S. The van der Waals surface area contributed by atoms with Crippen molar-refractivity contribution in [3.05, 3.63) is 0 Å². The van der Waals surface area contributed by atoms with E-state index in [1.54, 1.807) is 0 Å². The summed E-state index contributed by atoms with van der Waals surface area (Å²) in [5.41, 5.74) is -2.37. The summed E-state index contributed by atoms with van der Waals surface area (Å²) in [7, 11) is -3.35. The largest absolute Gasteiger partial charge is 0.397 e. The lowest BCUT2D eigenvalue weighted by molar-refractivity contribution is -0.260. The molecule has 4 saturated carbocycles. The first-order valence-corrected chi connectivity index (χ1v) is 18.6. The van der Waals surface area contributed by atoms with Crippen molar-refractivity contribution in [3.8, 4) is 0 Å². The van der Waals surface area contributed by atoms with Gasteiger partial charge in [0.05, 0.1) is 36.6 Å². The molecule has 5 rings (SSSR count). The summed E-state index contributed by atoms with van der Waals surface area (Å²) < 4.78 is 56.3. The lowest BCUT2D eigenvalue weighted by Gasteiger charge is -2.66. The number of hydrogen-bond acceptors (Lipinski definition) is 11. The Kier molecular flexibility index (Phi) is 10.7. The summed E-state index contributed by atoms with van der Waals surface area (Å²) in [6.45, 7) is 10.2. The Morgan fingerprint density at radius 2 is 1.67 bits per heavy atom. The highest BCUT2D eigenvalue weighted by Gasteiger charge is 2.71. The number of methoxy groups -OCH3 is 1. The monoisotopic (exact) mass is 678 g/mol. The molecule has 0 aromatic rings. The molecule has 0 aromatic heterocycles. The third-order valence-corrected chi connectivity index (χ3v) is 13.8. The van der Waals surface area contributed by atoms with Gasteiger partial charge in [-0.05, 0) is 91.8 Å². The summed E-state index contributed by atoms with van der Waals surface area (Å²) in [6, 6.07) is 0. The predicted octanol–water partition coefficient (Wildman–Crippen LogP) is 2.44. The topological polar surface area (TPSA) is 192 Å². The third kappa shape index (κ3) is 6.45. The van der Waals surface area contributed by atoms with Gasteiger partial charge in [0.1, 0.15) is 18.3 Å². The van der Waals surface area contributed by atoms with Crippen LogP contribution in [0.4, 0.5) is 0 Å². The van der Waals surface area contributed by atoms with E-state index in [1.807, 2.05) is 13.8 Å². The zero-order valence-electron chi connectivity index (χ0n) is 28.2. The van der Waals surface area contributed by atoms with Crippen LogP contribution in [0.1, 0.15) is 92.4 Å². The molecular weight excluding hydrogens is 620 g/mol. The quantitative estimate of drug-likeness (QED) is 0.175. The van der Waals surface area contributed by atoms with Gasteiger partial charge in [0.2, 0.25) is 0 Å². The Morgan fingerprint density at radius 3 is 2.26 bits per heavy atom. The second kappa shape index (κ2) is 13.4. The Labute approximate surface area is 274 Å². The molecule has 0 bridgehead atoms. The minimum absolute atomic E-state index is 0.0346. The number of ether oxygens (including phenoxy) is 3. The number of aliphatic hydroxyl groups is 5. The van der Waals surface area contributed by atoms with Crippen LogP contribution >= 0.6 is 0 Å². The van der Waals surface area contributed by atoms with E-state index in [9.17, 15) is 38.5 Å². The molecule has 16 atom stereocenters. The number of rotatable bonds is 11. The highest BCUT2D eigenvalue weighted by Crippen LogP contribution is 2.70. The molecule has 1 heterocycles. The Bertz CT molecular complexity index is 1170. The molecule has 5 fully saturated rings. The predicted molar refractivity (Wildman–Crippen MR) is 167 cm³/mol. The molecule has 1 aliphatic heterocycles. The lowest BCUT2D eigenvalue weighted by atomic mass is 9.42. The Morgan fingerprint density at radius 1 is 1.00 bits per heavy atom. The van der Waals surface area contributed by atoms with Gasteiger partial charge in [-0.3, -0.25) is 4.55 Å². The molecule has 0 aromatic carbocycles. The molecule has 0 amide bonds. The Hall–Kier alpha value is -0.450. The fourth-order valence-electron chi connectivity index (χ4n) is 11.2. The summed E-state index contributed by atoms with van der Waals surface area (Å²) in [5, 5.41) is 55.3. The fraction of sp³-hybridized carbons (Fsp3) is 1.00. The van der Waals surface area contributed by atoms with Gasteiger partial charge in [-0.1, -0.05) is 34.6 Å². The first-order chi connectivity index (χ1) is 21.4. The SMILES string of the molecule is CO[C@@H]1[C@@H](O)[C@H](OC(CC[C@@H](C)[C@H]2CC(O)[C@@H]3[C@]2(C)CC[C@H]2[C@@]3(O)CC(OS(=O)(=O)O)C3CC(O)CC[C@@]32C)C(C)C)O[C@H]1CO.